The van der Waals surface area contributed by atoms with E-state index in [1.54, 1.807) is 12.5 Å². The van der Waals surface area contributed by atoms with Crippen LogP contribution in [0.25, 0.3) is 5.65 Å². The van der Waals surface area contributed by atoms with E-state index in [-0.39, 0.29) is 18.4 Å². The second-order valence-corrected chi connectivity index (χ2v) is 6.61. The minimum atomic E-state index is 0.143. The first kappa shape index (κ1) is 15.1. The Labute approximate surface area is 139 Å². The van der Waals surface area contributed by atoms with Gasteiger partial charge in [0, 0.05) is 56.2 Å². The summed E-state index contributed by atoms with van der Waals surface area (Å²) >= 11 is 0. The molecule has 0 aromatic carbocycles. The highest BCUT2D eigenvalue weighted by molar-refractivity contribution is 5.64. The van der Waals surface area contributed by atoms with Crippen LogP contribution in [0.15, 0.2) is 31.1 Å². The van der Waals surface area contributed by atoms with Crippen molar-refractivity contribution in [2.24, 2.45) is 5.92 Å². The van der Waals surface area contributed by atoms with Crippen LogP contribution in [0.2, 0.25) is 0 Å². The largest absolute Gasteiger partial charge is 0.396 e. The lowest BCUT2D eigenvalue weighted by Crippen LogP contribution is -2.22. The summed E-state index contributed by atoms with van der Waals surface area (Å²) in [5.41, 5.74) is 1.91. The van der Waals surface area contributed by atoms with Gasteiger partial charge in [-0.1, -0.05) is 0 Å². The van der Waals surface area contributed by atoms with E-state index in [2.05, 4.69) is 45.2 Å². The fourth-order valence-corrected chi connectivity index (χ4v) is 3.40. The number of hydrogen-bond acceptors (Lipinski definition) is 6. The number of aromatic nitrogens is 6. The quantitative estimate of drug-likeness (QED) is 0.773. The normalized spacial score (nSPS) is 21.2. The number of aliphatic hydroxyl groups excluding tert-OH is 1. The summed E-state index contributed by atoms with van der Waals surface area (Å²) in [7, 11) is 0. The van der Waals surface area contributed by atoms with Crippen LogP contribution in [-0.4, -0.2) is 54.2 Å². The molecule has 3 aromatic rings. The van der Waals surface area contributed by atoms with Gasteiger partial charge < -0.3 is 10.0 Å². The van der Waals surface area contributed by atoms with E-state index in [4.69, 9.17) is 0 Å². The van der Waals surface area contributed by atoms with E-state index in [9.17, 15) is 5.11 Å². The van der Waals surface area contributed by atoms with Crippen LogP contribution in [0.4, 0.5) is 5.82 Å². The Morgan fingerprint density at radius 3 is 2.96 bits per heavy atom. The van der Waals surface area contributed by atoms with Crippen molar-refractivity contribution in [1.29, 1.82) is 0 Å². The van der Waals surface area contributed by atoms with E-state index >= 15 is 0 Å². The van der Waals surface area contributed by atoms with Gasteiger partial charge in [0.25, 0.3) is 0 Å². The van der Waals surface area contributed by atoms with Crippen LogP contribution < -0.4 is 4.90 Å². The summed E-state index contributed by atoms with van der Waals surface area (Å²) in [5, 5.41) is 22.4. The molecule has 0 amide bonds. The monoisotopic (exact) mass is 327 g/mol. The first-order chi connectivity index (χ1) is 11.7. The Bertz CT molecular complexity index is 840. The molecule has 0 unspecified atom stereocenters. The third-order valence-electron chi connectivity index (χ3n) is 4.75. The summed E-state index contributed by atoms with van der Waals surface area (Å²) in [6.45, 7) is 5.89. The number of hydrogen-bond donors (Lipinski definition) is 1. The van der Waals surface area contributed by atoms with Gasteiger partial charge in [0.05, 0.1) is 6.20 Å². The Balaban J connectivity index is 1.65. The van der Waals surface area contributed by atoms with Crippen LogP contribution in [0, 0.1) is 5.92 Å². The van der Waals surface area contributed by atoms with Crippen LogP contribution in [0.1, 0.15) is 31.4 Å². The molecular weight excluding hydrogens is 306 g/mol. The standard InChI is InChI=1S/C16H21N7O/c1-11(2)23-7-12(5-19-23)14-8-22(6-13(14)9-24)15-16-20-18-10-21(16)4-3-17-15/h3-5,7,10-11,13-14,24H,6,8-9H2,1-2H3/t13-,14-/m0/s1. The maximum Gasteiger partial charge on any atom is 0.203 e. The molecule has 4 rings (SSSR count). The molecule has 0 spiro atoms. The van der Waals surface area contributed by atoms with Gasteiger partial charge in [-0.05, 0) is 19.4 Å². The van der Waals surface area contributed by atoms with Gasteiger partial charge in [0.1, 0.15) is 6.33 Å². The average Bonchev–Trinajstić information content (AvgIpc) is 3.31. The highest BCUT2D eigenvalue weighted by atomic mass is 16.3. The molecule has 0 saturated carbocycles. The number of fused-ring (bicyclic) bond motifs is 1. The second-order valence-electron chi connectivity index (χ2n) is 6.61. The first-order valence-corrected chi connectivity index (χ1v) is 8.21. The van der Waals surface area contributed by atoms with Crippen molar-refractivity contribution in [1.82, 2.24) is 29.4 Å². The zero-order chi connectivity index (χ0) is 16.7. The van der Waals surface area contributed by atoms with Crippen molar-refractivity contribution >= 4 is 11.5 Å². The lowest BCUT2D eigenvalue weighted by Gasteiger charge is -2.17. The van der Waals surface area contributed by atoms with Gasteiger partial charge in [-0.25, -0.2) is 4.98 Å². The Kier molecular flexibility index (Phi) is 3.68. The van der Waals surface area contributed by atoms with Gasteiger partial charge in [0.15, 0.2) is 5.82 Å². The van der Waals surface area contributed by atoms with Crippen molar-refractivity contribution in [2.75, 3.05) is 24.6 Å². The van der Waals surface area contributed by atoms with Gasteiger partial charge >= 0.3 is 0 Å². The SMILES string of the molecule is CC(C)n1cc([C@@H]2CN(c3nccn4cnnc34)C[C@H]2CO)cn1. The number of aliphatic hydroxyl groups is 1. The number of rotatable bonds is 4. The van der Waals surface area contributed by atoms with E-state index in [1.165, 1.54) is 5.56 Å². The summed E-state index contributed by atoms with van der Waals surface area (Å²) < 4.78 is 3.82. The minimum absolute atomic E-state index is 0.143. The minimum Gasteiger partial charge on any atom is -0.396 e. The van der Waals surface area contributed by atoms with Crippen molar-refractivity contribution in [3.63, 3.8) is 0 Å². The molecule has 2 atom stereocenters. The fraction of sp³-hybridized carbons (Fsp3) is 0.500. The lowest BCUT2D eigenvalue weighted by molar-refractivity contribution is 0.227. The van der Waals surface area contributed by atoms with Crippen molar-refractivity contribution in [2.45, 2.75) is 25.8 Å². The summed E-state index contributed by atoms with van der Waals surface area (Å²) in [4.78, 5) is 6.67. The van der Waals surface area contributed by atoms with Gasteiger partial charge in [0.2, 0.25) is 5.65 Å². The van der Waals surface area contributed by atoms with Crippen LogP contribution in [-0.2, 0) is 0 Å². The third-order valence-corrected chi connectivity index (χ3v) is 4.75. The van der Waals surface area contributed by atoms with E-state index < -0.39 is 0 Å². The third kappa shape index (κ3) is 2.43. The smallest absolute Gasteiger partial charge is 0.203 e. The van der Waals surface area contributed by atoms with Crippen molar-refractivity contribution in [3.8, 4) is 0 Å². The second kappa shape index (κ2) is 5.86. The molecule has 8 heteroatoms. The first-order valence-electron chi connectivity index (χ1n) is 8.21. The maximum atomic E-state index is 9.84. The molecule has 8 nitrogen and oxygen atoms in total. The molecule has 0 radical (unpaired) electrons. The van der Waals surface area contributed by atoms with Crippen molar-refractivity contribution in [3.05, 3.63) is 36.7 Å². The number of anilines is 1. The van der Waals surface area contributed by atoms with Gasteiger partial charge in [-0.15, -0.1) is 10.2 Å². The predicted octanol–water partition coefficient (Wildman–Crippen LogP) is 1.11. The highest BCUT2D eigenvalue weighted by Crippen LogP contribution is 2.35. The fourth-order valence-electron chi connectivity index (χ4n) is 3.40. The molecule has 24 heavy (non-hydrogen) atoms. The zero-order valence-corrected chi connectivity index (χ0v) is 13.8. The topological polar surface area (TPSA) is 84.4 Å². The molecule has 0 bridgehead atoms. The van der Waals surface area contributed by atoms with Crippen LogP contribution in [0.3, 0.4) is 0 Å². The molecule has 1 N–H and O–H groups in total. The molecule has 1 aliphatic rings. The predicted molar refractivity (Wildman–Crippen MR) is 88.9 cm³/mol. The molecule has 0 aliphatic carbocycles. The Hall–Kier alpha value is -2.48. The molecule has 4 heterocycles. The van der Waals surface area contributed by atoms with Crippen molar-refractivity contribution < 1.29 is 5.11 Å². The van der Waals surface area contributed by atoms with E-state index in [0.717, 1.165) is 24.6 Å². The Morgan fingerprint density at radius 2 is 2.21 bits per heavy atom. The highest BCUT2D eigenvalue weighted by Gasteiger charge is 2.35. The van der Waals surface area contributed by atoms with Gasteiger partial charge in [-0.2, -0.15) is 5.10 Å². The molecule has 1 saturated heterocycles. The molecular formula is C16H21N7O. The molecule has 3 aromatic heterocycles. The van der Waals surface area contributed by atoms with E-state index in [1.807, 2.05) is 21.5 Å². The number of nitrogens with zero attached hydrogens (tertiary/aromatic N) is 7. The average molecular weight is 327 g/mol. The molecule has 1 fully saturated rings. The van der Waals surface area contributed by atoms with Gasteiger partial charge in [-0.3, -0.25) is 9.08 Å². The summed E-state index contributed by atoms with van der Waals surface area (Å²) in [6.07, 6.45) is 9.27. The zero-order valence-electron chi connectivity index (χ0n) is 13.8. The lowest BCUT2D eigenvalue weighted by atomic mass is 9.92. The van der Waals surface area contributed by atoms with E-state index in [0.29, 0.717) is 6.04 Å². The van der Waals surface area contributed by atoms with Crippen LogP contribution >= 0.6 is 0 Å². The van der Waals surface area contributed by atoms with Crippen LogP contribution in [0.5, 0.6) is 0 Å². The Morgan fingerprint density at radius 1 is 1.33 bits per heavy atom. The maximum absolute atomic E-state index is 9.84. The summed E-state index contributed by atoms with van der Waals surface area (Å²) in [6, 6.07) is 0.329. The summed E-state index contributed by atoms with van der Waals surface area (Å²) in [5.74, 6) is 1.19. The molecule has 1 aliphatic heterocycles. The molecule has 126 valence electrons.